The van der Waals surface area contributed by atoms with Gasteiger partial charge in [0.2, 0.25) is 0 Å². The zero-order chi connectivity index (χ0) is 13.5. The molecule has 1 aromatic carbocycles. The Morgan fingerprint density at radius 2 is 2.00 bits per heavy atom. The van der Waals surface area contributed by atoms with Crippen LogP contribution < -0.4 is 10.5 Å². The van der Waals surface area contributed by atoms with Crippen molar-refractivity contribution >= 4 is 11.8 Å². The summed E-state index contributed by atoms with van der Waals surface area (Å²) < 4.78 is 5.75. The fourth-order valence-electron chi connectivity index (χ4n) is 1.86. The summed E-state index contributed by atoms with van der Waals surface area (Å²) >= 11 is 1.86. The first-order valence-electron chi connectivity index (χ1n) is 6.59. The van der Waals surface area contributed by atoms with E-state index in [4.69, 9.17) is 10.5 Å². The summed E-state index contributed by atoms with van der Waals surface area (Å²) in [5.74, 6) is 2.53. The van der Waals surface area contributed by atoms with Crippen LogP contribution in [0.4, 0.5) is 0 Å². The highest BCUT2D eigenvalue weighted by Gasteiger charge is 2.05. The fourth-order valence-corrected chi connectivity index (χ4v) is 2.58. The standard InChI is InChI=1S/C15H25NOS/c1-11(2)15-6-5-14(9-12(15)3)17-7-8-18-13(4)10-16/h5-6,9,11,13H,7-8,10,16H2,1-4H3. The number of hydrogen-bond acceptors (Lipinski definition) is 3. The number of aryl methyl sites for hydroxylation is 1. The average molecular weight is 267 g/mol. The third-order valence-corrected chi connectivity index (χ3v) is 4.11. The molecule has 1 unspecified atom stereocenters. The van der Waals surface area contributed by atoms with Crippen LogP contribution in [-0.2, 0) is 0 Å². The first-order valence-corrected chi connectivity index (χ1v) is 7.64. The predicted octanol–water partition coefficient (Wildman–Crippen LogP) is 3.58. The van der Waals surface area contributed by atoms with Crippen LogP contribution in [0.1, 0.15) is 37.8 Å². The van der Waals surface area contributed by atoms with Crippen molar-refractivity contribution in [3.63, 3.8) is 0 Å². The molecule has 2 N–H and O–H groups in total. The Bertz CT molecular complexity index is 366. The van der Waals surface area contributed by atoms with Crippen molar-refractivity contribution in [3.05, 3.63) is 29.3 Å². The van der Waals surface area contributed by atoms with Crippen LogP contribution >= 0.6 is 11.8 Å². The van der Waals surface area contributed by atoms with E-state index in [1.54, 1.807) is 0 Å². The normalized spacial score (nSPS) is 12.8. The van der Waals surface area contributed by atoms with Crippen molar-refractivity contribution in [2.24, 2.45) is 5.73 Å². The van der Waals surface area contributed by atoms with Gasteiger partial charge in [-0.1, -0.05) is 26.8 Å². The Morgan fingerprint density at radius 3 is 2.56 bits per heavy atom. The Labute approximate surface area is 115 Å². The van der Waals surface area contributed by atoms with Gasteiger partial charge in [-0.15, -0.1) is 0 Å². The van der Waals surface area contributed by atoms with Gasteiger partial charge in [-0.05, 0) is 36.1 Å². The molecule has 1 atom stereocenters. The van der Waals surface area contributed by atoms with Gasteiger partial charge in [-0.3, -0.25) is 0 Å². The van der Waals surface area contributed by atoms with Crippen LogP contribution in [0.15, 0.2) is 18.2 Å². The second kappa shape index (κ2) is 7.70. The summed E-state index contributed by atoms with van der Waals surface area (Å²) in [4.78, 5) is 0. The highest BCUT2D eigenvalue weighted by molar-refractivity contribution is 7.99. The zero-order valence-corrected chi connectivity index (χ0v) is 12.7. The molecule has 0 saturated heterocycles. The molecule has 18 heavy (non-hydrogen) atoms. The quantitative estimate of drug-likeness (QED) is 0.767. The van der Waals surface area contributed by atoms with Gasteiger partial charge in [-0.2, -0.15) is 11.8 Å². The van der Waals surface area contributed by atoms with Gasteiger partial charge in [0, 0.05) is 17.5 Å². The summed E-state index contributed by atoms with van der Waals surface area (Å²) in [6, 6.07) is 6.37. The summed E-state index contributed by atoms with van der Waals surface area (Å²) in [5.41, 5.74) is 8.28. The van der Waals surface area contributed by atoms with Gasteiger partial charge in [0.15, 0.2) is 0 Å². The molecule has 1 rings (SSSR count). The maximum Gasteiger partial charge on any atom is 0.119 e. The zero-order valence-electron chi connectivity index (χ0n) is 11.9. The second-order valence-corrected chi connectivity index (χ2v) is 6.48. The van der Waals surface area contributed by atoms with Crippen LogP contribution in [0.5, 0.6) is 5.75 Å². The van der Waals surface area contributed by atoms with Gasteiger partial charge in [0.25, 0.3) is 0 Å². The van der Waals surface area contributed by atoms with Crippen molar-refractivity contribution in [2.45, 2.75) is 38.9 Å². The largest absolute Gasteiger partial charge is 0.493 e. The minimum atomic E-state index is 0.513. The van der Waals surface area contributed by atoms with Crippen LogP contribution in [-0.4, -0.2) is 24.2 Å². The van der Waals surface area contributed by atoms with E-state index >= 15 is 0 Å². The van der Waals surface area contributed by atoms with E-state index < -0.39 is 0 Å². The van der Waals surface area contributed by atoms with E-state index in [1.807, 2.05) is 11.8 Å². The lowest BCUT2D eigenvalue weighted by molar-refractivity contribution is 0.343. The van der Waals surface area contributed by atoms with Gasteiger partial charge >= 0.3 is 0 Å². The Morgan fingerprint density at radius 1 is 1.28 bits per heavy atom. The number of nitrogens with two attached hydrogens (primary N) is 1. The third kappa shape index (κ3) is 4.91. The Balaban J connectivity index is 2.42. The SMILES string of the molecule is Cc1cc(OCCSC(C)CN)ccc1C(C)C. The molecule has 0 radical (unpaired) electrons. The average Bonchev–Trinajstić information content (AvgIpc) is 2.34. The second-order valence-electron chi connectivity index (χ2n) is 4.94. The predicted molar refractivity (Wildman–Crippen MR) is 81.7 cm³/mol. The van der Waals surface area contributed by atoms with Crippen LogP contribution in [0.2, 0.25) is 0 Å². The fraction of sp³-hybridized carbons (Fsp3) is 0.600. The molecule has 0 heterocycles. The summed E-state index contributed by atoms with van der Waals surface area (Å²) in [6.45, 7) is 10.2. The van der Waals surface area contributed by atoms with Gasteiger partial charge in [-0.25, -0.2) is 0 Å². The minimum absolute atomic E-state index is 0.513. The molecule has 102 valence electrons. The molecule has 0 spiro atoms. The maximum absolute atomic E-state index is 5.75. The maximum atomic E-state index is 5.75. The van der Waals surface area contributed by atoms with E-state index in [9.17, 15) is 0 Å². The highest BCUT2D eigenvalue weighted by Crippen LogP contribution is 2.23. The number of hydrogen-bond donors (Lipinski definition) is 1. The number of thioether (sulfide) groups is 1. The lowest BCUT2D eigenvalue weighted by atomic mass is 9.98. The molecule has 0 saturated carbocycles. The van der Waals surface area contributed by atoms with Crippen LogP contribution in [0, 0.1) is 6.92 Å². The van der Waals surface area contributed by atoms with Gasteiger partial charge in [0.1, 0.15) is 5.75 Å². The van der Waals surface area contributed by atoms with Crippen molar-refractivity contribution < 1.29 is 4.74 Å². The molecular formula is C15H25NOS. The number of benzene rings is 1. The Hall–Kier alpha value is -0.670. The first-order chi connectivity index (χ1) is 8.54. The first kappa shape index (κ1) is 15.4. The molecule has 0 aliphatic carbocycles. The van der Waals surface area contributed by atoms with E-state index in [1.165, 1.54) is 11.1 Å². The van der Waals surface area contributed by atoms with Crippen molar-refractivity contribution in [2.75, 3.05) is 18.9 Å². The van der Waals surface area contributed by atoms with E-state index in [0.29, 0.717) is 11.2 Å². The summed E-state index contributed by atoms with van der Waals surface area (Å²) in [6.07, 6.45) is 0. The number of rotatable bonds is 7. The summed E-state index contributed by atoms with van der Waals surface area (Å²) in [5, 5.41) is 0.513. The molecule has 0 aliphatic heterocycles. The van der Waals surface area contributed by atoms with Crippen LogP contribution in [0.25, 0.3) is 0 Å². The topological polar surface area (TPSA) is 35.2 Å². The molecule has 0 aromatic heterocycles. The molecule has 3 heteroatoms. The summed E-state index contributed by atoms with van der Waals surface area (Å²) in [7, 11) is 0. The van der Waals surface area contributed by atoms with Crippen molar-refractivity contribution in [1.82, 2.24) is 0 Å². The van der Waals surface area contributed by atoms with Crippen molar-refractivity contribution in [1.29, 1.82) is 0 Å². The lowest BCUT2D eigenvalue weighted by Crippen LogP contribution is -2.14. The molecule has 2 nitrogen and oxygen atoms in total. The minimum Gasteiger partial charge on any atom is -0.493 e. The van der Waals surface area contributed by atoms with Crippen molar-refractivity contribution in [3.8, 4) is 5.75 Å². The third-order valence-electron chi connectivity index (χ3n) is 2.95. The number of ether oxygens (including phenoxy) is 1. The molecule has 0 bridgehead atoms. The highest BCUT2D eigenvalue weighted by atomic mass is 32.2. The molecular weight excluding hydrogens is 242 g/mol. The van der Waals surface area contributed by atoms with E-state index in [-0.39, 0.29) is 0 Å². The molecule has 0 fully saturated rings. The van der Waals surface area contributed by atoms with E-state index in [0.717, 1.165) is 24.7 Å². The van der Waals surface area contributed by atoms with Gasteiger partial charge < -0.3 is 10.5 Å². The molecule has 0 amide bonds. The monoisotopic (exact) mass is 267 g/mol. The van der Waals surface area contributed by atoms with Gasteiger partial charge in [0.05, 0.1) is 6.61 Å². The Kier molecular flexibility index (Phi) is 6.58. The molecule has 1 aromatic rings. The van der Waals surface area contributed by atoms with E-state index in [2.05, 4.69) is 45.9 Å². The smallest absolute Gasteiger partial charge is 0.119 e. The van der Waals surface area contributed by atoms with Crippen LogP contribution in [0.3, 0.4) is 0 Å². The lowest BCUT2D eigenvalue weighted by Gasteiger charge is -2.13. The molecule has 0 aliphatic rings.